The van der Waals surface area contributed by atoms with Crippen LogP contribution >= 0.6 is 0 Å². The Balaban J connectivity index is 2.40. The topological polar surface area (TPSA) is 42.0 Å². The van der Waals surface area contributed by atoms with Crippen LogP contribution in [0.2, 0.25) is 0 Å². The van der Waals surface area contributed by atoms with E-state index < -0.39 is 0 Å². The van der Waals surface area contributed by atoms with E-state index in [4.69, 9.17) is 0 Å². The van der Waals surface area contributed by atoms with Gasteiger partial charge in [0, 0.05) is 13.5 Å². The van der Waals surface area contributed by atoms with Crippen LogP contribution in [0.25, 0.3) is 0 Å². The second-order valence-corrected chi connectivity index (χ2v) is 3.29. The summed E-state index contributed by atoms with van der Waals surface area (Å²) in [6.45, 7) is 2.50. The standard InChI is InChI=1S/C10H12N2O/c1-7(13)9-5-4-8-3-2-6-11-10(8)12-9/h4-5H,2-3,6H2,1H3,(H,11,12). The molecule has 1 aliphatic rings. The molecule has 2 rings (SSSR count). The molecule has 1 aromatic rings. The second kappa shape index (κ2) is 3.17. The van der Waals surface area contributed by atoms with Crippen molar-refractivity contribution in [2.24, 2.45) is 0 Å². The molecule has 0 amide bonds. The third-order valence-corrected chi connectivity index (χ3v) is 2.25. The molecule has 0 fully saturated rings. The predicted octanol–water partition coefficient (Wildman–Crippen LogP) is 1.64. The summed E-state index contributed by atoms with van der Waals surface area (Å²) in [6, 6.07) is 3.79. The molecule has 1 aromatic heterocycles. The minimum Gasteiger partial charge on any atom is -0.370 e. The van der Waals surface area contributed by atoms with E-state index in [1.165, 1.54) is 12.5 Å². The molecule has 0 aliphatic carbocycles. The van der Waals surface area contributed by atoms with Crippen molar-refractivity contribution in [3.8, 4) is 0 Å². The normalized spacial score (nSPS) is 14.5. The van der Waals surface area contributed by atoms with Crippen molar-refractivity contribution in [3.63, 3.8) is 0 Å². The first-order valence-corrected chi connectivity index (χ1v) is 4.52. The minimum absolute atomic E-state index is 0.0233. The van der Waals surface area contributed by atoms with Crippen molar-refractivity contribution < 1.29 is 4.79 Å². The van der Waals surface area contributed by atoms with Gasteiger partial charge in [-0.15, -0.1) is 0 Å². The van der Waals surface area contributed by atoms with Crippen LogP contribution in [-0.4, -0.2) is 17.3 Å². The number of aromatic nitrogens is 1. The molecule has 3 heteroatoms. The zero-order chi connectivity index (χ0) is 9.26. The number of fused-ring (bicyclic) bond motifs is 1. The number of Topliss-reactive ketones (excluding diaryl/α,β-unsaturated/α-hetero) is 1. The number of nitrogens with one attached hydrogen (secondary N) is 1. The van der Waals surface area contributed by atoms with Crippen LogP contribution in [0.1, 0.15) is 29.4 Å². The highest BCUT2D eigenvalue weighted by Gasteiger charge is 2.11. The third-order valence-electron chi connectivity index (χ3n) is 2.25. The Hall–Kier alpha value is -1.38. The number of pyridine rings is 1. The van der Waals surface area contributed by atoms with Gasteiger partial charge in [0.1, 0.15) is 11.5 Å². The Kier molecular flexibility index (Phi) is 2.00. The predicted molar refractivity (Wildman–Crippen MR) is 51.1 cm³/mol. The number of rotatable bonds is 1. The van der Waals surface area contributed by atoms with Crippen LogP contribution in [0, 0.1) is 0 Å². The lowest BCUT2D eigenvalue weighted by Crippen LogP contribution is -2.14. The number of hydrogen-bond acceptors (Lipinski definition) is 3. The van der Waals surface area contributed by atoms with Gasteiger partial charge < -0.3 is 5.32 Å². The number of anilines is 1. The highest BCUT2D eigenvalue weighted by molar-refractivity contribution is 5.92. The van der Waals surface area contributed by atoms with Gasteiger partial charge in [-0.1, -0.05) is 6.07 Å². The van der Waals surface area contributed by atoms with E-state index in [1.54, 1.807) is 6.07 Å². The van der Waals surface area contributed by atoms with Crippen molar-refractivity contribution in [3.05, 3.63) is 23.4 Å². The molecular formula is C10H12N2O. The van der Waals surface area contributed by atoms with Gasteiger partial charge in [0.05, 0.1) is 0 Å². The van der Waals surface area contributed by atoms with Crippen molar-refractivity contribution in [1.29, 1.82) is 0 Å². The van der Waals surface area contributed by atoms with Crippen molar-refractivity contribution in [2.45, 2.75) is 19.8 Å². The Labute approximate surface area is 77.2 Å². The molecule has 0 radical (unpaired) electrons. The average Bonchev–Trinajstić information content (AvgIpc) is 2.17. The van der Waals surface area contributed by atoms with Gasteiger partial charge in [0.25, 0.3) is 0 Å². The summed E-state index contributed by atoms with van der Waals surface area (Å²) in [5.74, 6) is 0.911. The highest BCUT2D eigenvalue weighted by Crippen LogP contribution is 2.19. The summed E-state index contributed by atoms with van der Waals surface area (Å²) in [5, 5.41) is 3.19. The van der Waals surface area contributed by atoms with Crippen molar-refractivity contribution >= 4 is 11.6 Å². The zero-order valence-corrected chi connectivity index (χ0v) is 7.63. The van der Waals surface area contributed by atoms with E-state index in [2.05, 4.69) is 10.3 Å². The third kappa shape index (κ3) is 1.54. The first kappa shape index (κ1) is 8.23. The molecule has 0 bridgehead atoms. The molecule has 3 nitrogen and oxygen atoms in total. The van der Waals surface area contributed by atoms with E-state index in [9.17, 15) is 4.79 Å². The molecule has 0 atom stereocenters. The van der Waals surface area contributed by atoms with Gasteiger partial charge in [-0.25, -0.2) is 4.98 Å². The molecule has 68 valence electrons. The monoisotopic (exact) mass is 176 g/mol. The first-order valence-electron chi connectivity index (χ1n) is 4.52. The molecule has 13 heavy (non-hydrogen) atoms. The maximum absolute atomic E-state index is 11.0. The number of nitrogens with zero attached hydrogens (tertiary/aromatic N) is 1. The van der Waals surface area contributed by atoms with Gasteiger partial charge in [-0.3, -0.25) is 4.79 Å². The molecule has 1 aliphatic heterocycles. The lowest BCUT2D eigenvalue weighted by atomic mass is 10.1. The average molecular weight is 176 g/mol. The van der Waals surface area contributed by atoms with Crippen LogP contribution in [0.15, 0.2) is 12.1 Å². The Morgan fingerprint density at radius 3 is 3.15 bits per heavy atom. The lowest BCUT2D eigenvalue weighted by molar-refractivity contribution is 0.101. The summed E-state index contributed by atoms with van der Waals surface area (Å²) in [5.41, 5.74) is 1.77. The Morgan fingerprint density at radius 2 is 2.38 bits per heavy atom. The van der Waals surface area contributed by atoms with Crippen LogP contribution in [0.3, 0.4) is 0 Å². The first-order chi connectivity index (χ1) is 6.27. The Bertz CT molecular complexity index is 347. The summed E-state index contributed by atoms with van der Waals surface area (Å²) in [4.78, 5) is 15.3. The van der Waals surface area contributed by atoms with Gasteiger partial charge in [-0.05, 0) is 24.5 Å². The van der Waals surface area contributed by atoms with Crippen LogP contribution in [-0.2, 0) is 6.42 Å². The molecule has 0 saturated carbocycles. The SMILES string of the molecule is CC(=O)c1ccc2c(n1)NCCC2. The van der Waals surface area contributed by atoms with Crippen LogP contribution in [0.5, 0.6) is 0 Å². The van der Waals surface area contributed by atoms with Crippen molar-refractivity contribution in [1.82, 2.24) is 4.98 Å². The summed E-state index contributed by atoms with van der Waals surface area (Å²) >= 11 is 0. The van der Waals surface area contributed by atoms with E-state index in [-0.39, 0.29) is 5.78 Å². The molecular weight excluding hydrogens is 164 g/mol. The van der Waals surface area contributed by atoms with E-state index in [0.29, 0.717) is 5.69 Å². The maximum atomic E-state index is 11.0. The number of hydrogen-bond donors (Lipinski definition) is 1. The van der Waals surface area contributed by atoms with Crippen molar-refractivity contribution in [2.75, 3.05) is 11.9 Å². The fraction of sp³-hybridized carbons (Fsp3) is 0.400. The van der Waals surface area contributed by atoms with E-state index >= 15 is 0 Å². The molecule has 0 aromatic carbocycles. The second-order valence-electron chi connectivity index (χ2n) is 3.29. The van der Waals surface area contributed by atoms with Gasteiger partial charge in [0.15, 0.2) is 5.78 Å². The quantitative estimate of drug-likeness (QED) is 0.661. The van der Waals surface area contributed by atoms with Crippen LogP contribution < -0.4 is 5.32 Å². The number of carbonyl (C=O) groups is 1. The maximum Gasteiger partial charge on any atom is 0.178 e. The fourth-order valence-corrected chi connectivity index (χ4v) is 1.52. The number of carbonyl (C=O) groups excluding carboxylic acids is 1. The van der Waals surface area contributed by atoms with Crippen LogP contribution in [0.4, 0.5) is 5.82 Å². The minimum atomic E-state index is 0.0233. The lowest BCUT2D eigenvalue weighted by Gasteiger charge is -2.16. The van der Waals surface area contributed by atoms with E-state index in [0.717, 1.165) is 25.2 Å². The van der Waals surface area contributed by atoms with Gasteiger partial charge in [0.2, 0.25) is 0 Å². The van der Waals surface area contributed by atoms with Gasteiger partial charge >= 0.3 is 0 Å². The fourth-order valence-electron chi connectivity index (χ4n) is 1.52. The summed E-state index contributed by atoms with van der Waals surface area (Å²) in [7, 11) is 0. The van der Waals surface area contributed by atoms with Gasteiger partial charge in [-0.2, -0.15) is 0 Å². The van der Waals surface area contributed by atoms with E-state index in [1.807, 2.05) is 6.07 Å². The molecule has 0 saturated heterocycles. The molecule has 0 unspecified atom stereocenters. The smallest absolute Gasteiger partial charge is 0.178 e. The molecule has 2 heterocycles. The summed E-state index contributed by atoms with van der Waals surface area (Å²) < 4.78 is 0. The number of aryl methyl sites for hydroxylation is 1. The highest BCUT2D eigenvalue weighted by atomic mass is 16.1. The zero-order valence-electron chi connectivity index (χ0n) is 7.63. The number of ketones is 1. The Morgan fingerprint density at radius 1 is 1.54 bits per heavy atom. The largest absolute Gasteiger partial charge is 0.370 e. The molecule has 0 spiro atoms. The molecule has 1 N–H and O–H groups in total. The summed E-state index contributed by atoms with van der Waals surface area (Å²) in [6.07, 6.45) is 2.21.